The molecule has 0 radical (unpaired) electrons. The van der Waals surface area contributed by atoms with Crippen molar-refractivity contribution in [3.05, 3.63) is 18.2 Å². The summed E-state index contributed by atoms with van der Waals surface area (Å²) in [5, 5.41) is 7.08. The summed E-state index contributed by atoms with van der Waals surface area (Å²) >= 11 is 0. The number of guanidine groups is 1. The molecule has 2 aliphatic rings. The summed E-state index contributed by atoms with van der Waals surface area (Å²) in [7, 11) is 0. The number of nitrogens with one attached hydrogen (secondary N) is 2. The number of rotatable bonds is 8. The minimum absolute atomic E-state index is 0.544. The van der Waals surface area contributed by atoms with Crippen LogP contribution in [-0.2, 0) is 6.54 Å². The number of aromatic nitrogens is 2. The van der Waals surface area contributed by atoms with Crippen LogP contribution in [0.15, 0.2) is 17.4 Å². The Morgan fingerprint density at radius 1 is 1.27 bits per heavy atom. The minimum atomic E-state index is 0.544. The van der Waals surface area contributed by atoms with E-state index in [1.807, 2.05) is 6.20 Å². The molecule has 1 aromatic heterocycles. The van der Waals surface area contributed by atoms with Gasteiger partial charge in [0.1, 0.15) is 5.82 Å². The molecular formula is C20H36N6. The van der Waals surface area contributed by atoms with Crippen molar-refractivity contribution in [2.24, 2.45) is 4.99 Å². The number of aliphatic imine (C=N–C) groups is 1. The van der Waals surface area contributed by atoms with Gasteiger partial charge in [-0.3, -0.25) is 9.89 Å². The van der Waals surface area contributed by atoms with Crippen LogP contribution in [0.3, 0.4) is 0 Å². The molecule has 26 heavy (non-hydrogen) atoms. The molecular weight excluding hydrogens is 324 g/mol. The third-order valence-corrected chi connectivity index (χ3v) is 5.75. The third-order valence-electron chi connectivity index (χ3n) is 5.75. The molecule has 1 saturated carbocycles. The molecule has 1 saturated heterocycles. The summed E-state index contributed by atoms with van der Waals surface area (Å²) < 4.78 is 2.21. The van der Waals surface area contributed by atoms with E-state index in [1.165, 1.54) is 45.2 Å². The van der Waals surface area contributed by atoms with Crippen LogP contribution in [0.5, 0.6) is 0 Å². The van der Waals surface area contributed by atoms with E-state index >= 15 is 0 Å². The summed E-state index contributed by atoms with van der Waals surface area (Å²) in [5.41, 5.74) is 0. The van der Waals surface area contributed by atoms with Gasteiger partial charge >= 0.3 is 0 Å². The quantitative estimate of drug-likeness (QED) is 0.425. The number of aryl methyl sites for hydroxylation is 2. The molecule has 6 heteroatoms. The number of hydrogen-bond donors (Lipinski definition) is 2. The molecule has 1 aliphatic heterocycles. The van der Waals surface area contributed by atoms with Crippen LogP contribution in [0.2, 0.25) is 0 Å². The molecule has 146 valence electrons. The lowest BCUT2D eigenvalue weighted by Gasteiger charge is -2.24. The van der Waals surface area contributed by atoms with Gasteiger partial charge in [-0.05, 0) is 46.0 Å². The van der Waals surface area contributed by atoms with Crippen molar-refractivity contribution >= 4 is 5.96 Å². The van der Waals surface area contributed by atoms with Gasteiger partial charge in [0.05, 0.1) is 0 Å². The molecule has 0 aromatic carbocycles. The summed E-state index contributed by atoms with van der Waals surface area (Å²) in [6.45, 7) is 9.44. The summed E-state index contributed by atoms with van der Waals surface area (Å²) in [6, 6.07) is 1.38. The molecule has 0 bridgehead atoms. The van der Waals surface area contributed by atoms with E-state index in [1.54, 1.807) is 0 Å². The van der Waals surface area contributed by atoms with E-state index in [9.17, 15) is 0 Å². The van der Waals surface area contributed by atoms with Crippen LogP contribution in [-0.4, -0.2) is 58.7 Å². The largest absolute Gasteiger partial charge is 0.357 e. The molecule has 0 amide bonds. The fourth-order valence-electron chi connectivity index (χ4n) is 4.24. The molecule has 2 fully saturated rings. The predicted molar refractivity (Wildman–Crippen MR) is 108 cm³/mol. The summed E-state index contributed by atoms with van der Waals surface area (Å²) in [6.07, 6.45) is 13.0. The van der Waals surface area contributed by atoms with E-state index in [-0.39, 0.29) is 0 Å². The van der Waals surface area contributed by atoms with Crippen LogP contribution in [0.25, 0.3) is 0 Å². The normalized spacial score (nSPS) is 22.2. The van der Waals surface area contributed by atoms with Gasteiger partial charge in [-0.15, -0.1) is 0 Å². The second kappa shape index (κ2) is 9.95. The molecule has 2 heterocycles. The number of nitrogens with zero attached hydrogens (tertiary/aromatic N) is 4. The van der Waals surface area contributed by atoms with E-state index in [4.69, 9.17) is 4.99 Å². The SMILES string of the molecule is CCNC(=NCCCCn1ccnc1C)NC1CCN(C2CCCC2)C1. The number of imidazole rings is 1. The van der Waals surface area contributed by atoms with Crippen LogP contribution >= 0.6 is 0 Å². The summed E-state index contributed by atoms with van der Waals surface area (Å²) in [5.74, 6) is 2.08. The van der Waals surface area contributed by atoms with Crippen LogP contribution in [0.4, 0.5) is 0 Å². The lowest BCUT2D eigenvalue weighted by atomic mass is 10.2. The van der Waals surface area contributed by atoms with Gasteiger partial charge < -0.3 is 15.2 Å². The van der Waals surface area contributed by atoms with Crippen molar-refractivity contribution in [1.29, 1.82) is 0 Å². The number of likely N-dealkylation sites (tertiary alicyclic amines) is 1. The Morgan fingerprint density at radius 2 is 2.12 bits per heavy atom. The molecule has 3 rings (SSSR count). The van der Waals surface area contributed by atoms with Gasteiger partial charge in [0.2, 0.25) is 0 Å². The zero-order chi connectivity index (χ0) is 18.2. The average molecular weight is 361 g/mol. The van der Waals surface area contributed by atoms with Gasteiger partial charge in [-0.1, -0.05) is 12.8 Å². The highest BCUT2D eigenvalue weighted by atomic mass is 15.3. The molecule has 1 atom stereocenters. The van der Waals surface area contributed by atoms with Crippen molar-refractivity contribution in [3.8, 4) is 0 Å². The van der Waals surface area contributed by atoms with Crippen molar-refractivity contribution in [3.63, 3.8) is 0 Å². The Balaban J connectivity index is 1.38. The van der Waals surface area contributed by atoms with Gasteiger partial charge in [0.15, 0.2) is 5.96 Å². The fourth-order valence-corrected chi connectivity index (χ4v) is 4.24. The third kappa shape index (κ3) is 5.47. The monoisotopic (exact) mass is 360 g/mol. The van der Waals surface area contributed by atoms with Crippen LogP contribution in [0, 0.1) is 6.92 Å². The van der Waals surface area contributed by atoms with E-state index in [0.717, 1.165) is 50.3 Å². The Morgan fingerprint density at radius 3 is 2.85 bits per heavy atom. The van der Waals surface area contributed by atoms with Crippen molar-refractivity contribution in [2.45, 2.75) is 77.4 Å². The highest BCUT2D eigenvalue weighted by molar-refractivity contribution is 5.80. The maximum absolute atomic E-state index is 4.79. The summed E-state index contributed by atoms with van der Waals surface area (Å²) in [4.78, 5) is 11.8. The Bertz CT molecular complexity index is 560. The molecule has 1 unspecified atom stereocenters. The van der Waals surface area contributed by atoms with E-state index in [0.29, 0.717) is 6.04 Å². The first-order valence-corrected chi connectivity index (χ1v) is 10.5. The first-order valence-electron chi connectivity index (χ1n) is 10.5. The number of hydrogen-bond acceptors (Lipinski definition) is 3. The molecule has 0 spiro atoms. The van der Waals surface area contributed by atoms with Crippen molar-refractivity contribution < 1.29 is 0 Å². The number of unbranched alkanes of at least 4 members (excludes halogenated alkanes) is 1. The van der Waals surface area contributed by atoms with Gasteiger partial charge in [-0.2, -0.15) is 0 Å². The first kappa shape index (κ1) is 19.2. The van der Waals surface area contributed by atoms with Gasteiger partial charge in [0, 0.05) is 57.2 Å². The van der Waals surface area contributed by atoms with Crippen LogP contribution < -0.4 is 10.6 Å². The molecule has 2 N–H and O–H groups in total. The fraction of sp³-hybridized carbons (Fsp3) is 0.800. The maximum atomic E-state index is 4.79. The minimum Gasteiger partial charge on any atom is -0.357 e. The Kier molecular flexibility index (Phi) is 7.35. The Labute approximate surface area is 158 Å². The molecule has 1 aromatic rings. The zero-order valence-electron chi connectivity index (χ0n) is 16.6. The molecule has 1 aliphatic carbocycles. The van der Waals surface area contributed by atoms with Crippen molar-refractivity contribution in [2.75, 3.05) is 26.2 Å². The van der Waals surface area contributed by atoms with Gasteiger partial charge in [0.25, 0.3) is 0 Å². The predicted octanol–water partition coefficient (Wildman–Crippen LogP) is 2.54. The topological polar surface area (TPSA) is 57.5 Å². The standard InChI is InChI=1S/C20H36N6/c1-3-21-20(23-11-6-7-13-25-15-12-22-17(25)2)24-18-10-14-26(16-18)19-8-4-5-9-19/h12,15,18-19H,3-11,13-14,16H2,1-2H3,(H2,21,23,24). The van der Waals surface area contributed by atoms with Crippen molar-refractivity contribution in [1.82, 2.24) is 25.1 Å². The second-order valence-corrected chi connectivity index (χ2v) is 7.70. The lowest BCUT2D eigenvalue weighted by molar-refractivity contribution is 0.242. The second-order valence-electron chi connectivity index (χ2n) is 7.70. The molecule has 6 nitrogen and oxygen atoms in total. The lowest BCUT2D eigenvalue weighted by Crippen LogP contribution is -2.45. The highest BCUT2D eigenvalue weighted by Gasteiger charge is 2.30. The Hall–Kier alpha value is -1.56. The average Bonchev–Trinajstić information content (AvgIpc) is 3.37. The van der Waals surface area contributed by atoms with Gasteiger partial charge in [-0.25, -0.2) is 4.98 Å². The smallest absolute Gasteiger partial charge is 0.191 e. The first-order chi connectivity index (χ1) is 12.8. The van der Waals surface area contributed by atoms with Crippen LogP contribution in [0.1, 0.15) is 57.7 Å². The van der Waals surface area contributed by atoms with E-state index < -0.39 is 0 Å². The van der Waals surface area contributed by atoms with E-state index in [2.05, 4.69) is 45.1 Å². The maximum Gasteiger partial charge on any atom is 0.191 e. The zero-order valence-corrected chi connectivity index (χ0v) is 16.6. The highest BCUT2D eigenvalue weighted by Crippen LogP contribution is 2.26.